The molecular weight excluding hydrogens is 287 g/mol. The first kappa shape index (κ1) is 14.7. The van der Waals surface area contributed by atoms with Crippen LogP contribution in [0.1, 0.15) is 15.9 Å². The van der Waals surface area contributed by atoms with Crippen LogP contribution in [0.3, 0.4) is 0 Å². The van der Waals surface area contributed by atoms with Crippen molar-refractivity contribution in [2.24, 2.45) is 0 Å². The van der Waals surface area contributed by atoms with E-state index in [1.165, 1.54) is 24.3 Å². The summed E-state index contributed by atoms with van der Waals surface area (Å²) >= 11 is 0. The van der Waals surface area contributed by atoms with Gasteiger partial charge in [0.1, 0.15) is 6.29 Å². The van der Waals surface area contributed by atoms with Gasteiger partial charge < -0.3 is 0 Å². The van der Waals surface area contributed by atoms with Gasteiger partial charge in [-0.05, 0) is 23.8 Å². The minimum atomic E-state index is -4.53. The summed E-state index contributed by atoms with van der Waals surface area (Å²) in [6.07, 6.45) is -4.10. The molecule has 0 bridgehead atoms. The third-order valence-corrected chi connectivity index (χ3v) is 2.86. The zero-order valence-electron chi connectivity index (χ0n) is 10.4. The summed E-state index contributed by atoms with van der Waals surface area (Å²) in [5, 5.41) is 11.0. The molecule has 0 spiro atoms. The number of aldehydes is 1. The zero-order valence-corrected chi connectivity index (χ0v) is 10.4. The van der Waals surface area contributed by atoms with Crippen molar-refractivity contribution in [3.05, 3.63) is 63.7 Å². The summed E-state index contributed by atoms with van der Waals surface area (Å²) in [4.78, 5) is 20.9. The van der Waals surface area contributed by atoms with Crippen LogP contribution in [0.15, 0.2) is 42.5 Å². The third-order valence-electron chi connectivity index (χ3n) is 2.86. The zero-order chi connectivity index (χ0) is 15.6. The van der Waals surface area contributed by atoms with Crippen molar-refractivity contribution in [1.82, 2.24) is 0 Å². The molecule has 0 radical (unpaired) electrons. The number of carbonyl (C=O) groups is 1. The van der Waals surface area contributed by atoms with Crippen molar-refractivity contribution in [2.45, 2.75) is 6.18 Å². The van der Waals surface area contributed by atoms with Gasteiger partial charge in [0.25, 0.3) is 5.69 Å². The third kappa shape index (κ3) is 3.07. The van der Waals surface area contributed by atoms with Gasteiger partial charge in [0.15, 0.2) is 0 Å². The first-order valence-corrected chi connectivity index (χ1v) is 5.74. The fourth-order valence-electron chi connectivity index (χ4n) is 1.88. The predicted molar refractivity (Wildman–Crippen MR) is 68.9 cm³/mol. The van der Waals surface area contributed by atoms with Gasteiger partial charge in [-0.1, -0.05) is 18.2 Å². The van der Waals surface area contributed by atoms with E-state index in [1.807, 2.05) is 0 Å². The van der Waals surface area contributed by atoms with E-state index >= 15 is 0 Å². The summed E-state index contributed by atoms with van der Waals surface area (Å²) in [6, 6.07) is 7.85. The molecule has 21 heavy (non-hydrogen) atoms. The van der Waals surface area contributed by atoms with E-state index in [2.05, 4.69) is 0 Å². The van der Waals surface area contributed by atoms with E-state index in [9.17, 15) is 28.1 Å². The van der Waals surface area contributed by atoms with Crippen LogP contribution in [0.2, 0.25) is 0 Å². The molecule has 0 saturated carbocycles. The number of nitro groups is 1. The molecule has 0 fully saturated rings. The lowest BCUT2D eigenvalue weighted by Crippen LogP contribution is -2.04. The lowest BCUT2D eigenvalue weighted by atomic mass is 10.00. The molecule has 0 N–H and O–H groups in total. The van der Waals surface area contributed by atoms with Gasteiger partial charge in [0, 0.05) is 11.6 Å². The highest BCUT2D eigenvalue weighted by atomic mass is 19.4. The van der Waals surface area contributed by atoms with E-state index in [0.29, 0.717) is 6.29 Å². The minimum Gasteiger partial charge on any atom is -0.298 e. The number of alkyl halides is 3. The fraction of sp³-hybridized carbons (Fsp3) is 0.0714. The Labute approximate surface area is 117 Å². The summed E-state index contributed by atoms with van der Waals surface area (Å²) in [7, 11) is 0. The molecule has 4 nitrogen and oxygen atoms in total. The molecule has 0 aromatic heterocycles. The molecule has 7 heteroatoms. The Morgan fingerprint density at radius 1 is 1.10 bits per heavy atom. The highest BCUT2D eigenvalue weighted by Crippen LogP contribution is 2.35. The van der Waals surface area contributed by atoms with E-state index in [1.54, 1.807) is 0 Å². The van der Waals surface area contributed by atoms with Gasteiger partial charge in [0.2, 0.25) is 0 Å². The average Bonchev–Trinajstić information content (AvgIpc) is 2.45. The second-order valence-corrected chi connectivity index (χ2v) is 4.23. The summed E-state index contributed by atoms with van der Waals surface area (Å²) in [5.74, 6) is 0. The van der Waals surface area contributed by atoms with Gasteiger partial charge in [-0.15, -0.1) is 0 Å². The Morgan fingerprint density at radius 2 is 1.81 bits per heavy atom. The Kier molecular flexibility index (Phi) is 3.75. The molecule has 2 rings (SSSR count). The molecule has 2 aromatic carbocycles. The highest BCUT2D eigenvalue weighted by molar-refractivity contribution is 5.82. The number of rotatable bonds is 3. The van der Waals surface area contributed by atoms with Crippen LogP contribution in [0.4, 0.5) is 18.9 Å². The maximum Gasteiger partial charge on any atom is 0.416 e. The second-order valence-electron chi connectivity index (χ2n) is 4.23. The minimum absolute atomic E-state index is 0.0247. The first-order valence-electron chi connectivity index (χ1n) is 5.74. The number of halogens is 3. The number of carbonyl (C=O) groups excluding carboxylic acids is 1. The molecule has 0 atom stereocenters. The van der Waals surface area contributed by atoms with Crippen LogP contribution < -0.4 is 0 Å². The monoisotopic (exact) mass is 295 g/mol. The average molecular weight is 295 g/mol. The lowest BCUT2D eigenvalue weighted by molar-refractivity contribution is -0.384. The molecule has 108 valence electrons. The standard InChI is InChI=1S/C14H8F3NO3/c15-14(16,17)11-3-1-2-10(7-11)12-5-4-9(8-19)6-13(12)18(20)21/h1-8H. The predicted octanol–water partition coefficient (Wildman–Crippen LogP) is 4.09. The van der Waals surface area contributed by atoms with Gasteiger partial charge >= 0.3 is 6.18 Å². The number of benzene rings is 2. The largest absolute Gasteiger partial charge is 0.416 e. The maximum atomic E-state index is 12.7. The van der Waals surface area contributed by atoms with Crippen molar-refractivity contribution in [1.29, 1.82) is 0 Å². The van der Waals surface area contributed by atoms with Gasteiger partial charge in [-0.3, -0.25) is 14.9 Å². The second kappa shape index (κ2) is 5.35. The van der Waals surface area contributed by atoms with Crippen molar-refractivity contribution >= 4 is 12.0 Å². The van der Waals surface area contributed by atoms with Crippen molar-refractivity contribution < 1.29 is 22.9 Å². The molecule has 0 aliphatic heterocycles. The Bertz CT molecular complexity index is 711. The fourth-order valence-corrected chi connectivity index (χ4v) is 1.88. The van der Waals surface area contributed by atoms with E-state index in [4.69, 9.17) is 0 Å². The van der Waals surface area contributed by atoms with E-state index in [-0.39, 0.29) is 16.7 Å². The molecule has 0 saturated heterocycles. The topological polar surface area (TPSA) is 60.2 Å². The molecule has 0 aliphatic carbocycles. The lowest BCUT2D eigenvalue weighted by Gasteiger charge is -2.09. The van der Waals surface area contributed by atoms with Gasteiger partial charge in [-0.2, -0.15) is 13.2 Å². The molecule has 0 heterocycles. The van der Waals surface area contributed by atoms with Crippen molar-refractivity contribution in [2.75, 3.05) is 0 Å². The molecule has 0 aliphatic rings. The number of nitro benzene ring substituents is 1. The Balaban J connectivity index is 2.61. The van der Waals surface area contributed by atoms with Crippen LogP contribution >= 0.6 is 0 Å². The van der Waals surface area contributed by atoms with Gasteiger partial charge in [-0.25, -0.2) is 0 Å². The van der Waals surface area contributed by atoms with Crippen LogP contribution in [-0.2, 0) is 6.18 Å². The SMILES string of the molecule is O=Cc1ccc(-c2cccc(C(F)(F)F)c2)c([N+](=O)[O-])c1. The van der Waals surface area contributed by atoms with Crippen molar-refractivity contribution in [3.63, 3.8) is 0 Å². The summed E-state index contributed by atoms with van der Waals surface area (Å²) in [5.41, 5.74) is -1.14. The molecule has 2 aromatic rings. The van der Waals surface area contributed by atoms with E-state index in [0.717, 1.165) is 18.2 Å². The number of nitrogens with zero attached hydrogens (tertiary/aromatic N) is 1. The molecule has 0 unspecified atom stereocenters. The summed E-state index contributed by atoms with van der Waals surface area (Å²) < 4.78 is 38.0. The molecule has 0 amide bonds. The first-order chi connectivity index (χ1) is 9.82. The summed E-state index contributed by atoms with van der Waals surface area (Å²) in [6.45, 7) is 0. The van der Waals surface area contributed by atoms with Gasteiger partial charge in [0.05, 0.1) is 16.1 Å². The quantitative estimate of drug-likeness (QED) is 0.486. The maximum absolute atomic E-state index is 12.7. The Hall–Kier alpha value is -2.70. The number of hydrogen-bond donors (Lipinski definition) is 0. The highest BCUT2D eigenvalue weighted by Gasteiger charge is 2.31. The smallest absolute Gasteiger partial charge is 0.298 e. The van der Waals surface area contributed by atoms with Crippen LogP contribution in [0, 0.1) is 10.1 Å². The number of hydrogen-bond acceptors (Lipinski definition) is 3. The van der Waals surface area contributed by atoms with E-state index < -0.39 is 22.4 Å². The van der Waals surface area contributed by atoms with Crippen LogP contribution in [0.5, 0.6) is 0 Å². The van der Waals surface area contributed by atoms with Crippen LogP contribution in [0.25, 0.3) is 11.1 Å². The normalized spacial score (nSPS) is 11.2. The molecular formula is C14H8F3NO3. The Morgan fingerprint density at radius 3 is 2.38 bits per heavy atom. The van der Waals surface area contributed by atoms with Crippen LogP contribution in [-0.4, -0.2) is 11.2 Å². The van der Waals surface area contributed by atoms with Crippen molar-refractivity contribution in [3.8, 4) is 11.1 Å².